The van der Waals surface area contributed by atoms with Crippen LogP contribution < -0.4 is 0 Å². The largest absolute Gasteiger partial charge is 0.458 e. The van der Waals surface area contributed by atoms with Crippen LogP contribution in [-0.2, 0) is 5.92 Å². The van der Waals surface area contributed by atoms with E-state index in [9.17, 15) is 22.0 Å². The van der Waals surface area contributed by atoms with Crippen molar-refractivity contribution in [1.29, 1.82) is 0 Å². The second-order valence-electron chi connectivity index (χ2n) is 4.92. The maximum absolute atomic E-state index is 13.3. The molecule has 0 amide bonds. The van der Waals surface area contributed by atoms with E-state index in [-0.39, 0.29) is 0 Å². The minimum atomic E-state index is -5.60. The van der Waals surface area contributed by atoms with E-state index in [1.165, 1.54) is 23.5 Å². The number of rotatable bonds is 3. The Hall–Kier alpha value is -1.25. The summed E-state index contributed by atoms with van der Waals surface area (Å²) in [6, 6.07) is 11.8. The second-order valence-corrected chi connectivity index (χ2v) is 8.46. The fourth-order valence-electron chi connectivity index (χ4n) is 2.08. The topological polar surface area (TPSA) is 0 Å². The van der Waals surface area contributed by atoms with Crippen LogP contribution in [0.4, 0.5) is 22.0 Å². The summed E-state index contributed by atoms with van der Waals surface area (Å²) >= 11 is 6.40. The Kier molecular flexibility index (Phi) is 4.57. The molecule has 0 radical (unpaired) electrons. The van der Waals surface area contributed by atoms with Gasteiger partial charge in [-0.15, -0.1) is 22.7 Å². The third kappa shape index (κ3) is 3.27. The van der Waals surface area contributed by atoms with E-state index in [4.69, 9.17) is 0 Å². The highest BCUT2D eigenvalue weighted by atomic mass is 79.9. The van der Waals surface area contributed by atoms with Crippen molar-refractivity contribution in [2.45, 2.75) is 12.1 Å². The third-order valence-electron chi connectivity index (χ3n) is 3.31. The van der Waals surface area contributed by atoms with Crippen LogP contribution in [0.1, 0.15) is 5.56 Å². The summed E-state index contributed by atoms with van der Waals surface area (Å²) in [5, 5.41) is 0. The van der Waals surface area contributed by atoms with Crippen LogP contribution in [-0.4, -0.2) is 6.18 Å². The van der Waals surface area contributed by atoms with Crippen LogP contribution >= 0.6 is 38.6 Å². The average Bonchev–Trinajstić information content (AvgIpc) is 3.15. The minimum absolute atomic E-state index is 0.601. The molecule has 126 valence electrons. The van der Waals surface area contributed by atoms with Crippen LogP contribution in [0.5, 0.6) is 0 Å². The van der Waals surface area contributed by atoms with Crippen molar-refractivity contribution in [2.75, 3.05) is 0 Å². The summed E-state index contributed by atoms with van der Waals surface area (Å²) in [6.45, 7) is 0. The van der Waals surface area contributed by atoms with E-state index in [0.717, 1.165) is 30.6 Å². The molecule has 8 heteroatoms. The van der Waals surface area contributed by atoms with Gasteiger partial charge in [-0.2, -0.15) is 22.0 Å². The standard InChI is InChI=1S/C16H8BrF5S2/c17-14-8-7-13(24-14)12-6-5-11(23-12)9-1-3-10(4-2-9)15(18,19)16(20,21)22/h1-8H. The summed E-state index contributed by atoms with van der Waals surface area (Å²) in [5.41, 5.74) is -0.457. The molecule has 0 unspecified atom stereocenters. The van der Waals surface area contributed by atoms with Crippen LogP contribution in [0.25, 0.3) is 20.2 Å². The molecule has 3 aromatic rings. The molecule has 0 atom stereocenters. The normalized spacial score (nSPS) is 12.6. The zero-order chi connectivity index (χ0) is 17.5. The van der Waals surface area contributed by atoms with Gasteiger partial charge < -0.3 is 0 Å². The van der Waals surface area contributed by atoms with E-state index in [1.807, 2.05) is 24.3 Å². The van der Waals surface area contributed by atoms with Gasteiger partial charge in [-0.1, -0.05) is 24.3 Å². The summed E-state index contributed by atoms with van der Waals surface area (Å²) in [4.78, 5) is 2.86. The average molecular weight is 439 g/mol. The maximum Gasteiger partial charge on any atom is 0.458 e. The van der Waals surface area contributed by atoms with Crippen LogP contribution in [0.2, 0.25) is 0 Å². The number of hydrogen-bond acceptors (Lipinski definition) is 2. The fourth-order valence-corrected chi connectivity index (χ4v) is 4.57. The Labute approximate surface area is 150 Å². The van der Waals surface area contributed by atoms with Gasteiger partial charge in [0, 0.05) is 20.2 Å². The Bertz CT molecular complexity index is 846. The lowest BCUT2D eigenvalue weighted by atomic mass is 10.1. The molecule has 0 bridgehead atoms. The molecule has 0 spiro atoms. The molecule has 24 heavy (non-hydrogen) atoms. The highest BCUT2D eigenvalue weighted by molar-refractivity contribution is 9.11. The van der Waals surface area contributed by atoms with E-state index < -0.39 is 17.7 Å². The van der Waals surface area contributed by atoms with E-state index in [0.29, 0.717) is 5.56 Å². The Morgan fingerprint density at radius 1 is 0.667 bits per heavy atom. The van der Waals surface area contributed by atoms with Gasteiger partial charge in [-0.3, -0.25) is 0 Å². The number of benzene rings is 1. The lowest BCUT2D eigenvalue weighted by Crippen LogP contribution is -2.33. The molecule has 0 nitrogen and oxygen atoms in total. The predicted molar refractivity (Wildman–Crippen MR) is 90.7 cm³/mol. The van der Waals surface area contributed by atoms with Gasteiger partial charge in [0.25, 0.3) is 0 Å². The van der Waals surface area contributed by atoms with Crippen molar-refractivity contribution in [3.8, 4) is 20.2 Å². The van der Waals surface area contributed by atoms with Crippen molar-refractivity contribution in [2.24, 2.45) is 0 Å². The van der Waals surface area contributed by atoms with Gasteiger partial charge in [0.1, 0.15) is 0 Å². The van der Waals surface area contributed by atoms with Gasteiger partial charge in [0.2, 0.25) is 0 Å². The number of alkyl halides is 5. The Balaban J connectivity index is 1.88. The summed E-state index contributed by atoms with van der Waals surface area (Å²) < 4.78 is 64.7. The van der Waals surface area contributed by atoms with E-state index in [1.54, 1.807) is 11.3 Å². The molecule has 2 heterocycles. The van der Waals surface area contributed by atoms with Crippen molar-refractivity contribution in [1.82, 2.24) is 0 Å². The molecular weight excluding hydrogens is 431 g/mol. The van der Waals surface area contributed by atoms with Crippen molar-refractivity contribution < 1.29 is 22.0 Å². The molecule has 0 aliphatic rings. The zero-order valence-corrected chi connectivity index (χ0v) is 14.9. The molecule has 0 saturated heterocycles. The summed E-state index contributed by atoms with van der Waals surface area (Å²) in [7, 11) is 0. The van der Waals surface area contributed by atoms with E-state index >= 15 is 0 Å². The maximum atomic E-state index is 13.3. The number of thiophene rings is 2. The quantitative estimate of drug-likeness (QED) is 0.370. The number of hydrogen-bond donors (Lipinski definition) is 0. The molecule has 0 N–H and O–H groups in total. The molecule has 0 aliphatic heterocycles. The van der Waals surface area contributed by atoms with Crippen molar-refractivity contribution >= 4 is 38.6 Å². The Morgan fingerprint density at radius 3 is 1.75 bits per heavy atom. The van der Waals surface area contributed by atoms with Crippen molar-refractivity contribution in [3.63, 3.8) is 0 Å². The van der Waals surface area contributed by atoms with Crippen LogP contribution in [0, 0.1) is 0 Å². The molecule has 2 aromatic heterocycles. The first-order chi connectivity index (χ1) is 11.2. The van der Waals surface area contributed by atoms with Gasteiger partial charge in [-0.05, 0) is 45.8 Å². The first-order valence-electron chi connectivity index (χ1n) is 6.59. The second kappa shape index (κ2) is 6.24. The van der Waals surface area contributed by atoms with Crippen molar-refractivity contribution in [3.05, 3.63) is 57.9 Å². The van der Waals surface area contributed by atoms with Crippen LogP contribution in [0.15, 0.2) is 52.3 Å². The predicted octanol–water partition coefficient (Wildman–Crippen LogP) is 7.56. The summed E-state index contributed by atoms with van der Waals surface area (Å²) in [5.74, 6) is -4.85. The third-order valence-corrected chi connectivity index (χ3v) is 6.26. The lowest BCUT2D eigenvalue weighted by molar-refractivity contribution is -0.289. The molecule has 0 aliphatic carbocycles. The number of halogens is 6. The lowest BCUT2D eigenvalue weighted by Gasteiger charge is -2.19. The fraction of sp³-hybridized carbons (Fsp3) is 0.125. The van der Waals surface area contributed by atoms with Crippen LogP contribution in [0.3, 0.4) is 0 Å². The monoisotopic (exact) mass is 438 g/mol. The van der Waals surface area contributed by atoms with Gasteiger partial charge in [0.05, 0.1) is 3.79 Å². The SMILES string of the molecule is FC(F)(F)C(F)(F)c1ccc(-c2ccc(-c3ccc(Br)s3)s2)cc1. The van der Waals surface area contributed by atoms with E-state index in [2.05, 4.69) is 15.9 Å². The highest BCUT2D eigenvalue weighted by Crippen LogP contribution is 2.44. The smallest absolute Gasteiger partial charge is 0.191 e. The minimum Gasteiger partial charge on any atom is -0.191 e. The molecule has 0 saturated carbocycles. The van der Waals surface area contributed by atoms with Gasteiger partial charge in [0.15, 0.2) is 0 Å². The first kappa shape index (κ1) is 17.6. The molecule has 0 fully saturated rings. The Morgan fingerprint density at radius 2 is 1.21 bits per heavy atom. The van der Waals surface area contributed by atoms with Gasteiger partial charge >= 0.3 is 12.1 Å². The summed E-state index contributed by atoms with van der Waals surface area (Å²) in [6.07, 6.45) is -5.60. The molecular formula is C16H8BrF5S2. The zero-order valence-electron chi connectivity index (χ0n) is 11.7. The molecule has 1 aromatic carbocycles. The molecule has 3 rings (SSSR count). The highest BCUT2D eigenvalue weighted by Gasteiger charge is 2.58. The van der Waals surface area contributed by atoms with Gasteiger partial charge in [-0.25, -0.2) is 0 Å². The first-order valence-corrected chi connectivity index (χ1v) is 9.02.